The molecule has 15 nitrogen and oxygen atoms in total. The Hall–Kier alpha value is -0.860. The van der Waals surface area contributed by atoms with Crippen LogP contribution in [0.25, 0.3) is 0 Å². The van der Waals surface area contributed by atoms with E-state index < -0.39 is 97.3 Å². The van der Waals surface area contributed by atoms with Gasteiger partial charge in [-0.05, 0) is 117 Å². The molecule has 0 aromatic heterocycles. The summed E-state index contributed by atoms with van der Waals surface area (Å²) in [5.74, 6) is -0.136. The quantitative estimate of drug-likeness (QED) is 0.0616. The third kappa shape index (κ3) is 7.49. The van der Waals surface area contributed by atoms with Crippen LogP contribution in [0.15, 0.2) is 12.2 Å². The van der Waals surface area contributed by atoms with Gasteiger partial charge in [-0.2, -0.15) is 0 Å². The van der Waals surface area contributed by atoms with Gasteiger partial charge in [0, 0.05) is 0 Å². The van der Waals surface area contributed by atoms with Crippen LogP contribution < -0.4 is 0 Å². The van der Waals surface area contributed by atoms with Gasteiger partial charge in [-0.15, -0.1) is 0 Å². The van der Waals surface area contributed by atoms with Gasteiger partial charge >= 0.3 is 0 Å². The molecule has 330 valence electrons. The molecular formula is C42H72O15. The molecule has 6 fully saturated rings. The first-order valence-electron chi connectivity index (χ1n) is 21.1. The first-order valence-corrected chi connectivity index (χ1v) is 21.1. The van der Waals surface area contributed by atoms with E-state index in [1.54, 1.807) is 19.9 Å². The maximum absolute atomic E-state index is 12.5. The molecule has 57 heavy (non-hydrogen) atoms. The molecule has 2 heterocycles. The van der Waals surface area contributed by atoms with Gasteiger partial charge in [-0.1, -0.05) is 46.8 Å². The number of fused-ring (bicyclic) bond motifs is 5. The molecule has 2 saturated heterocycles. The van der Waals surface area contributed by atoms with Gasteiger partial charge in [0.1, 0.15) is 54.4 Å². The molecule has 6 rings (SSSR count). The van der Waals surface area contributed by atoms with Crippen LogP contribution >= 0.6 is 0 Å². The molecule has 4 aliphatic carbocycles. The predicted octanol–water partition coefficient (Wildman–Crippen LogP) is 1.62. The molecule has 0 bridgehead atoms. The Balaban J connectivity index is 1.27. The van der Waals surface area contributed by atoms with Crippen LogP contribution in [0.2, 0.25) is 0 Å². The Morgan fingerprint density at radius 1 is 0.684 bits per heavy atom. The lowest BCUT2D eigenvalue weighted by atomic mass is 9.35. The Labute approximate surface area is 336 Å². The van der Waals surface area contributed by atoms with Crippen molar-refractivity contribution in [3.05, 3.63) is 12.2 Å². The molecule has 0 radical (unpaired) electrons. The zero-order chi connectivity index (χ0) is 42.3. The molecule has 20 atom stereocenters. The lowest BCUT2D eigenvalue weighted by Gasteiger charge is -2.71. The molecule has 0 amide bonds. The third-order valence-electron chi connectivity index (χ3n) is 16.8. The number of hydrogen-bond acceptors (Lipinski definition) is 15. The van der Waals surface area contributed by atoms with Crippen molar-refractivity contribution in [1.82, 2.24) is 0 Å². The molecular weight excluding hydrogens is 744 g/mol. The summed E-state index contributed by atoms with van der Waals surface area (Å²) in [6.07, 6.45) is -5.96. The largest absolute Gasteiger partial charge is 0.394 e. The second kappa shape index (κ2) is 16.1. The van der Waals surface area contributed by atoms with E-state index in [1.807, 2.05) is 13.0 Å². The highest BCUT2D eigenvalue weighted by molar-refractivity contribution is 5.21. The topological polar surface area (TPSA) is 248 Å². The monoisotopic (exact) mass is 816 g/mol. The van der Waals surface area contributed by atoms with Crippen LogP contribution in [-0.4, -0.2) is 149 Å². The van der Waals surface area contributed by atoms with Crippen LogP contribution in [-0.2, 0) is 23.8 Å². The van der Waals surface area contributed by atoms with Gasteiger partial charge in [0.05, 0.1) is 31.0 Å². The summed E-state index contributed by atoms with van der Waals surface area (Å²) >= 11 is 0. The molecule has 15 heteroatoms. The van der Waals surface area contributed by atoms with Crippen molar-refractivity contribution in [2.45, 2.75) is 192 Å². The van der Waals surface area contributed by atoms with Crippen LogP contribution in [0, 0.1) is 45.3 Å². The fourth-order valence-electron chi connectivity index (χ4n) is 13.3. The number of aliphatic hydroxyl groups excluding tert-OH is 9. The number of ether oxygens (including phenoxy) is 4. The third-order valence-corrected chi connectivity index (χ3v) is 16.8. The lowest BCUT2D eigenvalue weighted by molar-refractivity contribution is -0.337. The highest BCUT2D eigenvalue weighted by Gasteiger charge is 2.72. The summed E-state index contributed by atoms with van der Waals surface area (Å²) in [7, 11) is 0. The number of hydrogen-bond donors (Lipinski definition) is 10. The fraction of sp³-hybridized carbons (Fsp3) is 0.952. The standard InChI is InChI=1S/C42H72O15/c1-37(2,57-52)13-9-14-42(8,56-36-34(51)32(49)30(47)24(20-44)54-36)21-10-16-41(7)28(21)22(45)18-26-39(5)15-12-27(38(3,4)25(39)11-17-40(26,41)6)55-35-33(50)31(48)29(46)23(19-43)53-35/h9,13,21-36,43-52H,10-12,14-20H2,1-8H3. The van der Waals surface area contributed by atoms with Gasteiger partial charge in [0.25, 0.3) is 0 Å². The molecule has 20 unspecified atom stereocenters. The van der Waals surface area contributed by atoms with Gasteiger partial charge in [-0.3, -0.25) is 5.26 Å². The van der Waals surface area contributed by atoms with Gasteiger partial charge < -0.3 is 64.9 Å². The van der Waals surface area contributed by atoms with Gasteiger partial charge in [-0.25, -0.2) is 4.89 Å². The summed E-state index contributed by atoms with van der Waals surface area (Å²) < 4.78 is 24.8. The minimum Gasteiger partial charge on any atom is -0.394 e. The van der Waals surface area contributed by atoms with Gasteiger partial charge in [0.2, 0.25) is 0 Å². The van der Waals surface area contributed by atoms with Crippen molar-refractivity contribution < 1.29 is 75.1 Å². The summed E-state index contributed by atoms with van der Waals surface area (Å²) in [5.41, 5.74) is -3.19. The van der Waals surface area contributed by atoms with E-state index in [-0.39, 0.29) is 52.4 Å². The SMILES string of the molecule is CC(C)(C=CCC(C)(OC1OC(CO)C(O)C(O)C1O)C1CCC2(C)C1C(O)CC1C3(C)CCC(OC4OC(CO)C(O)C(O)C4O)C(C)(C)C3CCC12C)OO. The van der Waals surface area contributed by atoms with E-state index in [4.69, 9.17) is 18.9 Å². The Morgan fingerprint density at radius 3 is 1.82 bits per heavy atom. The fourth-order valence-corrected chi connectivity index (χ4v) is 13.3. The van der Waals surface area contributed by atoms with Crippen molar-refractivity contribution in [3.8, 4) is 0 Å². The van der Waals surface area contributed by atoms with Crippen LogP contribution in [0.3, 0.4) is 0 Å². The van der Waals surface area contributed by atoms with Crippen molar-refractivity contribution in [2.24, 2.45) is 45.3 Å². The summed E-state index contributed by atoms with van der Waals surface area (Å²) in [5, 5.41) is 106. The predicted molar refractivity (Wildman–Crippen MR) is 204 cm³/mol. The van der Waals surface area contributed by atoms with Crippen molar-refractivity contribution in [1.29, 1.82) is 0 Å². The molecule has 10 N–H and O–H groups in total. The van der Waals surface area contributed by atoms with E-state index in [9.17, 15) is 51.2 Å². The first-order chi connectivity index (χ1) is 26.5. The van der Waals surface area contributed by atoms with Crippen molar-refractivity contribution in [2.75, 3.05) is 13.2 Å². The second-order valence-corrected chi connectivity index (χ2v) is 20.6. The van der Waals surface area contributed by atoms with E-state index >= 15 is 0 Å². The van der Waals surface area contributed by atoms with Crippen LogP contribution in [0.1, 0.15) is 107 Å². The molecule has 6 aliphatic rings. The summed E-state index contributed by atoms with van der Waals surface area (Å²) in [6.45, 7) is 15.6. The normalized spacial score (nSPS) is 51.2. The zero-order valence-electron chi connectivity index (χ0n) is 35.0. The van der Waals surface area contributed by atoms with E-state index in [1.165, 1.54) is 0 Å². The van der Waals surface area contributed by atoms with Crippen LogP contribution in [0.5, 0.6) is 0 Å². The second-order valence-electron chi connectivity index (χ2n) is 20.6. The van der Waals surface area contributed by atoms with Crippen LogP contribution in [0.4, 0.5) is 0 Å². The molecule has 4 saturated carbocycles. The van der Waals surface area contributed by atoms with E-state index in [0.717, 1.165) is 25.7 Å². The Bertz CT molecular complexity index is 1430. The minimum atomic E-state index is -1.62. The van der Waals surface area contributed by atoms with Crippen molar-refractivity contribution in [3.63, 3.8) is 0 Å². The van der Waals surface area contributed by atoms with Crippen molar-refractivity contribution >= 4 is 0 Å². The number of rotatable bonds is 11. The maximum atomic E-state index is 12.5. The maximum Gasteiger partial charge on any atom is 0.187 e. The molecule has 0 spiro atoms. The highest BCUT2D eigenvalue weighted by atomic mass is 17.1. The molecule has 0 aromatic rings. The molecule has 0 aromatic carbocycles. The van der Waals surface area contributed by atoms with E-state index in [0.29, 0.717) is 19.3 Å². The number of aliphatic hydroxyl groups is 9. The summed E-state index contributed by atoms with van der Waals surface area (Å²) in [4.78, 5) is 4.65. The minimum absolute atomic E-state index is 0.145. The smallest absolute Gasteiger partial charge is 0.187 e. The highest BCUT2D eigenvalue weighted by Crippen LogP contribution is 2.76. The Morgan fingerprint density at radius 2 is 1.25 bits per heavy atom. The zero-order valence-corrected chi connectivity index (χ0v) is 35.0. The average molecular weight is 817 g/mol. The summed E-state index contributed by atoms with van der Waals surface area (Å²) in [6, 6.07) is 0. The first kappa shape index (κ1) is 45.7. The molecule has 2 aliphatic heterocycles. The Kier molecular flexibility index (Phi) is 12.9. The average Bonchev–Trinajstić information content (AvgIpc) is 3.54. The van der Waals surface area contributed by atoms with Gasteiger partial charge in [0.15, 0.2) is 12.6 Å². The van der Waals surface area contributed by atoms with E-state index in [2.05, 4.69) is 39.5 Å². The lowest BCUT2D eigenvalue weighted by Crippen LogP contribution is -2.67.